The van der Waals surface area contributed by atoms with Gasteiger partial charge in [0.25, 0.3) is 0 Å². The zero-order chi connectivity index (χ0) is 19.2. The van der Waals surface area contributed by atoms with E-state index >= 15 is 0 Å². The van der Waals surface area contributed by atoms with Gasteiger partial charge in [-0.25, -0.2) is 0 Å². The SMILES string of the molecule is Brc1cccc(-c2nnc(CNC(Cc3ccccc3)c3ccccc3)o2)c1. The van der Waals surface area contributed by atoms with E-state index in [1.165, 1.54) is 11.1 Å². The maximum atomic E-state index is 5.86. The second-order valence-electron chi connectivity index (χ2n) is 6.55. The molecule has 0 aliphatic carbocycles. The van der Waals surface area contributed by atoms with Crippen molar-refractivity contribution < 1.29 is 4.42 Å². The van der Waals surface area contributed by atoms with E-state index in [0.29, 0.717) is 18.3 Å². The summed E-state index contributed by atoms with van der Waals surface area (Å²) >= 11 is 3.47. The van der Waals surface area contributed by atoms with Crippen LogP contribution in [0.5, 0.6) is 0 Å². The molecule has 0 spiro atoms. The van der Waals surface area contributed by atoms with Crippen LogP contribution in [0.3, 0.4) is 0 Å². The first-order valence-electron chi connectivity index (χ1n) is 9.18. The smallest absolute Gasteiger partial charge is 0.247 e. The van der Waals surface area contributed by atoms with Crippen molar-refractivity contribution in [2.24, 2.45) is 0 Å². The van der Waals surface area contributed by atoms with Crippen LogP contribution in [0, 0.1) is 0 Å². The van der Waals surface area contributed by atoms with Crippen LogP contribution in [0.1, 0.15) is 23.1 Å². The molecule has 3 aromatic carbocycles. The van der Waals surface area contributed by atoms with Crippen molar-refractivity contribution in [1.82, 2.24) is 15.5 Å². The average molecular weight is 434 g/mol. The van der Waals surface area contributed by atoms with Gasteiger partial charge in [0.05, 0.1) is 6.54 Å². The molecule has 0 saturated heterocycles. The first-order chi connectivity index (χ1) is 13.8. The van der Waals surface area contributed by atoms with Crippen LogP contribution in [0.2, 0.25) is 0 Å². The Morgan fingerprint density at radius 1 is 0.857 bits per heavy atom. The number of aromatic nitrogens is 2. The van der Waals surface area contributed by atoms with E-state index in [2.05, 4.69) is 80.0 Å². The van der Waals surface area contributed by atoms with Gasteiger partial charge in [-0.05, 0) is 35.7 Å². The fourth-order valence-electron chi connectivity index (χ4n) is 3.12. The van der Waals surface area contributed by atoms with Gasteiger partial charge >= 0.3 is 0 Å². The lowest BCUT2D eigenvalue weighted by Crippen LogP contribution is -2.23. The Morgan fingerprint density at radius 2 is 1.61 bits per heavy atom. The van der Waals surface area contributed by atoms with Gasteiger partial charge in [0, 0.05) is 16.1 Å². The monoisotopic (exact) mass is 433 g/mol. The molecule has 1 N–H and O–H groups in total. The highest BCUT2D eigenvalue weighted by atomic mass is 79.9. The van der Waals surface area contributed by atoms with Crippen molar-refractivity contribution in [2.75, 3.05) is 0 Å². The number of hydrogen-bond donors (Lipinski definition) is 1. The Bertz CT molecular complexity index is 1020. The Labute approximate surface area is 172 Å². The average Bonchev–Trinajstić information content (AvgIpc) is 3.22. The molecule has 0 saturated carbocycles. The highest BCUT2D eigenvalue weighted by molar-refractivity contribution is 9.10. The van der Waals surface area contributed by atoms with E-state index in [0.717, 1.165) is 16.5 Å². The Hall–Kier alpha value is -2.76. The molecule has 4 rings (SSSR count). The highest BCUT2D eigenvalue weighted by Crippen LogP contribution is 2.23. The minimum Gasteiger partial charge on any atom is -0.419 e. The van der Waals surface area contributed by atoms with Crippen LogP contribution < -0.4 is 5.32 Å². The summed E-state index contributed by atoms with van der Waals surface area (Å²) in [7, 11) is 0. The number of rotatable bonds is 7. The summed E-state index contributed by atoms with van der Waals surface area (Å²) in [5, 5.41) is 12.0. The predicted molar refractivity (Wildman–Crippen MR) is 114 cm³/mol. The van der Waals surface area contributed by atoms with E-state index in [1.54, 1.807) is 0 Å². The van der Waals surface area contributed by atoms with Gasteiger partial charge in [0.2, 0.25) is 11.8 Å². The Balaban J connectivity index is 1.48. The summed E-state index contributed by atoms with van der Waals surface area (Å²) in [6.07, 6.45) is 0.886. The maximum absolute atomic E-state index is 5.86. The third kappa shape index (κ3) is 4.74. The molecule has 0 bridgehead atoms. The fraction of sp³-hybridized carbons (Fsp3) is 0.130. The number of benzene rings is 3. The minimum absolute atomic E-state index is 0.157. The van der Waals surface area contributed by atoms with Crippen molar-refractivity contribution >= 4 is 15.9 Å². The van der Waals surface area contributed by atoms with Crippen LogP contribution in [0.25, 0.3) is 11.5 Å². The van der Waals surface area contributed by atoms with Gasteiger partial charge in [0.15, 0.2) is 0 Å². The molecule has 0 radical (unpaired) electrons. The normalized spacial score (nSPS) is 12.0. The summed E-state index contributed by atoms with van der Waals surface area (Å²) < 4.78 is 6.84. The van der Waals surface area contributed by atoms with Gasteiger partial charge in [0.1, 0.15) is 0 Å². The molecule has 5 heteroatoms. The van der Waals surface area contributed by atoms with Gasteiger partial charge in [-0.15, -0.1) is 10.2 Å². The number of nitrogens with zero attached hydrogens (tertiary/aromatic N) is 2. The Morgan fingerprint density at radius 3 is 2.36 bits per heavy atom. The summed E-state index contributed by atoms with van der Waals surface area (Å²) in [4.78, 5) is 0. The lowest BCUT2D eigenvalue weighted by molar-refractivity contribution is 0.441. The van der Waals surface area contributed by atoms with Crippen molar-refractivity contribution in [3.63, 3.8) is 0 Å². The second-order valence-corrected chi connectivity index (χ2v) is 7.46. The van der Waals surface area contributed by atoms with E-state index < -0.39 is 0 Å². The summed E-state index contributed by atoms with van der Waals surface area (Å²) in [6, 6.07) is 28.9. The summed E-state index contributed by atoms with van der Waals surface area (Å²) in [6.45, 7) is 0.507. The summed E-state index contributed by atoms with van der Waals surface area (Å²) in [5.41, 5.74) is 3.42. The predicted octanol–water partition coefficient (Wildman–Crippen LogP) is 5.57. The maximum Gasteiger partial charge on any atom is 0.247 e. The van der Waals surface area contributed by atoms with Crippen molar-refractivity contribution in [3.8, 4) is 11.5 Å². The van der Waals surface area contributed by atoms with Crippen LogP contribution in [-0.4, -0.2) is 10.2 Å². The lowest BCUT2D eigenvalue weighted by Gasteiger charge is -2.18. The van der Waals surface area contributed by atoms with Crippen molar-refractivity contribution in [3.05, 3.63) is 106 Å². The molecular formula is C23H20BrN3O. The largest absolute Gasteiger partial charge is 0.419 e. The molecule has 1 atom stereocenters. The molecule has 28 heavy (non-hydrogen) atoms. The number of hydrogen-bond acceptors (Lipinski definition) is 4. The lowest BCUT2D eigenvalue weighted by atomic mass is 9.99. The molecule has 1 aromatic heterocycles. The summed E-state index contributed by atoms with van der Waals surface area (Å²) in [5.74, 6) is 1.10. The zero-order valence-corrected chi connectivity index (χ0v) is 16.8. The third-order valence-electron chi connectivity index (χ3n) is 4.52. The van der Waals surface area contributed by atoms with Crippen molar-refractivity contribution in [1.29, 1.82) is 0 Å². The van der Waals surface area contributed by atoms with E-state index in [9.17, 15) is 0 Å². The molecule has 0 aliphatic heterocycles. The van der Waals surface area contributed by atoms with Gasteiger partial charge in [-0.3, -0.25) is 0 Å². The van der Waals surface area contributed by atoms with Crippen molar-refractivity contribution in [2.45, 2.75) is 19.0 Å². The van der Waals surface area contributed by atoms with Crippen LogP contribution in [-0.2, 0) is 13.0 Å². The first-order valence-corrected chi connectivity index (χ1v) is 9.98. The topological polar surface area (TPSA) is 51.0 Å². The quantitative estimate of drug-likeness (QED) is 0.413. The van der Waals surface area contributed by atoms with E-state index in [4.69, 9.17) is 4.42 Å². The van der Waals surface area contributed by atoms with Gasteiger partial charge in [-0.2, -0.15) is 0 Å². The third-order valence-corrected chi connectivity index (χ3v) is 5.02. The second kappa shape index (κ2) is 8.95. The minimum atomic E-state index is 0.157. The van der Waals surface area contributed by atoms with Crippen LogP contribution >= 0.6 is 15.9 Å². The molecule has 0 aliphatic rings. The number of nitrogens with one attached hydrogen (secondary N) is 1. The van der Waals surface area contributed by atoms with Gasteiger partial charge < -0.3 is 9.73 Å². The zero-order valence-electron chi connectivity index (χ0n) is 15.3. The standard InChI is InChI=1S/C23H20BrN3O/c24-20-13-7-12-19(15-20)23-27-26-22(28-23)16-25-21(18-10-5-2-6-11-18)14-17-8-3-1-4-9-17/h1-13,15,21,25H,14,16H2. The molecule has 1 heterocycles. The fourth-order valence-corrected chi connectivity index (χ4v) is 3.52. The molecule has 1 unspecified atom stereocenters. The molecule has 4 aromatic rings. The Kier molecular flexibility index (Phi) is 5.95. The highest BCUT2D eigenvalue weighted by Gasteiger charge is 2.14. The first kappa shape index (κ1) is 18.6. The molecule has 0 fully saturated rings. The molecule has 140 valence electrons. The molecule has 4 nitrogen and oxygen atoms in total. The van der Waals surface area contributed by atoms with Crippen LogP contribution in [0.4, 0.5) is 0 Å². The number of halogens is 1. The van der Waals surface area contributed by atoms with Gasteiger partial charge in [-0.1, -0.05) is 82.7 Å². The van der Waals surface area contributed by atoms with Crippen LogP contribution in [0.15, 0.2) is 93.8 Å². The molecular weight excluding hydrogens is 414 g/mol. The van der Waals surface area contributed by atoms with E-state index in [-0.39, 0.29) is 6.04 Å². The van der Waals surface area contributed by atoms with E-state index in [1.807, 2.05) is 36.4 Å². The molecule has 0 amide bonds.